The van der Waals surface area contributed by atoms with Crippen molar-refractivity contribution in [3.8, 4) is 5.75 Å². The van der Waals surface area contributed by atoms with Gasteiger partial charge in [-0.15, -0.1) is 4.39 Å². The quantitative estimate of drug-likeness (QED) is 0.676. The van der Waals surface area contributed by atoms with E-state index in [1.807, 2.05) is 0 Å². The molecule has 0 radical (unpaired) electrons. The maximum absolute atomic E-state index is 11.6. The van der Waals surface area contributed by atoms with Crippen molar-refractivity contribution in [3.05, 3.63) is 29.8 Å². The lowest BCUT2D eigenvalue weighted by molar-refractivity contribution is 0.114. The molecule has 0 atom stereocenters. The highest BCUT2D eigenvalue weighted by molar-refractivity contribution is 5.58. The summed E-state index contributed by atoms with van der Waals surface area (Å²) in [6.07, 6.45) is -1.77. The molecule has 0 amide bonds. The zero-order valence-electron chi connectivity index (χ0n) is 7.12. The van der Waals surface area contributed by atoms with Crippen LogP contribution in [0.2, 0.25) is 0 Å². The molecule has 0 fully saturated rings. The lowest BCUT2D eigenvalue weighted by atomic mass is 10.2. The molecule has 13 heavy (non-hydrogen) atoms. The van der Waals surface area contributed by atoms with E-state index < -0.39 is 6.22 Å². The van der Waals surface area contributed by atoms with Crippen LogP contribution in [0.3, 0.4) is 0 Å². The Morgan fingerprint density at radius 3 is 2.46 bits per heavy atom. The van der Waals surface area contributed by atoms with Crippen molar-refractivity contribution in [1.29, 1.82) is 0 Å². The Kier molecular flexibility index (Phi) is 3.25. The van der Waals surface area contributed by atoms with Crippen LogP contribution in [-0.2, 0) is 11.3 Å². The summed E-state index contributed by atoms with van der Waals surface area (Å²) in [4.78, 5) is 9.83. The van der Waals surface area contributed by atoms with Crippen molar-refractivity contribution in [1.82, 2.24) is 0 Å². The third-order valence-corrected chi connectivity index (χ3v) is 1.51. The lowest BCUT2D eigenvalue weighted by Gasteiger charge is -2.01. The van der Waals surface area contributed by atoms with E-state index in [0.29, 0.717) is 11.3 Å². The van der Waals surface area contributed by atoms with Crippen molar-refractivity contribution in [2.24, 2.45) is 0 Å². The molecule has 0 bridgehead atoms. The Balaban J connectivity index is 2.54. The van der Waals surface area contributed by atoms with Crippen molar-refractivity contribution < 1.29 is 18.7 Å². The summed E-state index contributed by atoms with van der Waals surface area (Å²) in [5.41, 5.74) is 0.715. The fourth-order valence-electron chi connectivity index (χ4n) is 0.862. The number of hydrogen-bond donors (Lipinski definition) is 0. The highest BCUT2D eigenvalue weighted by atomic mass is 19.1. The summed E-state index contributed by atoms with van der Waals surface area (Å²) >= 11 is 0. The van der Waals surface area contributed by atoms with Gasteiger partial charge in [0.25, 0.3) is 0 Å². The average molecular weight is 184 g/mol. The molecular weight excluding hydrogens is 175 g/mol. The second-order valence-corrected chi connectivity index (χ2v) is 2.37. The third-order valence-electron chi connectivity index (χ3n) is 1.51. The highest BCUT2D eigenvalue weighted by Crippen LogP contribution is 2.11. The van der Waals surface area contributed by atoms with Gasteiger partial charge in [0, 0.05) is 0 Å². The normalized spacial score (nSPS) is 9.38. The molecular formula is C9H9FO3. The molecule has 0 spiro atoms. The first-order valence-corrected chi connectivity index (χ1v) is 3.67. The minimum Gasteiger partial charge on any atom is -0.497 e. The van der Waals surface area contributed by atoms with Gasteiger partial charge in [-0.25, -0.2) is 4.79 Å². The van der Waals surface area contributed by atoms with Gasteiger partial charge >= 0.3 is 6.22 Å². The van der Waals surface area contributed by atoms with Crippen molar-refractivity contribution in [3.63, 3.8) is 0 Å². The maximum atomic E-state index is 11.6. The number of halogens is 1. The van der Waals surface area contributed by atoms with Gasteiger partial charge in [-0.05, 0) is 17.7 Å². The molecule has 0 heterocycles. The fourth-order valence-corrected chi connectivity index (χ4v) is 0.862. The summed E-state index contributed by atoms with van der Waals surface area (Å²) in [5.74, 6) is 0.704. The Morgan fingerprint density at radius 1 is 1.38 bits per heavy atom. The van der Waals surface area contributed by atoms with Gasteiger partial charge in [0.15, 0.2) is 0 Å². The molecule has 1 aromatic rings. The summed E-state index contributed by atoms with van der Waals surface area (Å²) in [5, 5.41) is 0. The van der Waals surface area contributed by atoms with Gasteiger partial charge in [0.1, 0.15) is 12.4 Å². The van der Waals surface area contributed by atoms with Gasteiger partial charge < -0.3 is 9.47 Å². The largest absolute Gasteiger partial charge is 0.497 e. The summed E-state index contributed by atoms with van der Waals surface area (Å²) in [6, 6.07) is 6.81. The molecule has 0 aromatic heterocycles. The van der Waals surface area contributed by atoms with E-state index in [-0.39, 0.29) is 6.61 Å². The molecule has 0 saturated heterocycles. The Labute approximate surface area is 75.1 Å². The van der Waals surface area contributed by atoms with E-state index in [1.54, 1.807) is 31.4 Å². The smallest absolute Gasteiger partial charge is 0.495 e. The van der Waals surface area contributed by atoms with Crippen LogP contribution in [0.1, 0.15) is 5.56 Å². The molecule has 0 aliphatic rings. The first kappa shape index (κ1) is 9.51. The standard InChI is InChI=1S/C9H9FO3/c1-12-8-4-2-7(3-5-8)6-13-9(10)11/h2-5H,6H2,1H3. The van der Waals surface area contributed by atoms with E-state index in [0.717, 1.165) is 0 Å². The second-order valence-electron chi connectivity index (χ2n) is 2.37. The first-order valence-electron chi connectivity index (χ1n) is 3.67. The molecule has 0 N–H and O–H groups in total. The van der Waals surface area contributed by atoms with Crippen molar-refractivity contribution >= 4 is 6.22 Å². The molecule has 0 aliphatic carbocycles. The number of methoxy groups -OCH3 is 1. The minimum absolute atomic E-state index is 0.0562. The first-order chi connectivity index (χ1) is 6.22. The maximum Gasteiger partial charge on any atom is 0.495 e. The Morgan fingerprint density at radius 2 is 2.00 bits per heavy atom. The van der Waals surface area contributed by atoms with Gasteiger partial charge in [-0.2, -0.15) is 0 Å². The van der Waals surface area contributed by atoms with Crippen LogP contribution < -0.4 is 4.74 Å². The molecule has 70 valence electrons. The van der Waals surface area contributed by atoms with Gasteiger partial charge in [-0.1, -0.05) is 12.1 Å². The van der Waals surface area contributed by atoms with Crippen LogP contribution in [-0.4, -0.2) is 13.3 Å². The molecule has 4 heteroatoms. The van der Waals surface area contributed by atoms with E-state index >= 15 is 0 Å². The monoisotopic (exact) mass is 184 g/mol. The molecule has 0 aliphatic heterocycles. The van der Waals surface area contributed by atoms with Gasteiger partial charge in [-0.3, -0.25) is 0 Å². The van der Waals surface area contributed by atoms with Crippen molar-refractivity contribution in [2.45, 2.75) is 6.61 Å². The van der Waals surface area contributed by atoms with Crippen molar-refractivity contribution in [2.75, 3.05) is 7.11 Å². The summed E-state index contributed by atoms with van der Waals surface area (Å²) < 4.78 is 20.7. The summed E-state index contributed by atoms with van der Waals surface area (Å²) in [7, 11) is 1.55. The van der Waals surface area contributed by atoms with E-state index in [1.165, 1.54) is 0 Å². The van der Waals surface area contributed by atoms with Crippen LogP contribution in [0.25, 0.3) is 0 Å². The predicted molar refractivity (Wildman–Crippen MR) is 44.3 cm³/mol. The topological polar surface area (TPSA) is 35.5 Å². The van der Waals surface area contributed by atoms with Gasteiger partial charge in [0.2, 0.25) is 0 Å². The third kappa shape index (κ3) is 3.11. The predicted octanol–water partition coefficient (Wildman–Crippen LogP) is 2.30. The van der Waals surface area contributed by atoms with Crippen LogP contribution in [0, 0.1) is 0 Å². The van der Waals surface area contributed by atoms with Crippen LogP contribution in [0.4, 0.5) is 9.18 Å². The van der Waals surface area contributed by atoms with E-state index in [2.05, 4.69) is 4.74 Å². The van der Waals surface area contributed by atoms with Crippen LogP contribution in [0.15, 0.2) is 24.3 Å². The van der Waals surface area contributed by atoms with Gasteiger partial charge in [0.05, 0.1) is 7.11 Å². The number of hydrogen-bond acceptors (Lipinski definition) is 3. The Hall–Kier alpha value is -1.58. The lowest BCUT2D eigenvalue weighted by Crippen LogP contribution is -1.95. The van der Waals surface area contributed by atoms with Crippen LogP contribution >= 0.6 is 0 Å². The molecule has 3 nitrogen and oxygen atoms in total. The zero-order chi connectivity index (χ0) is 9.68. The average Bonchev–Trinajstić information content (AvgIpc) is 2.15. The number of rotatable bonds is 3. The number of ether oxygens (including phenoxy) is 2. The molecule has 0 saturated carbocycles. The molecule has 1 aromatic carbocycles. The highest BCUT2D eigenvalue weighted by Gasteiger charge is 1.99. The van der Waals surface area contributed by atoms with E-state index in [9.17, 15) is 9.18 Å². The summed E-state index contributed by atoms with van der Waals surface area (Å²) in [6.45, 7) is -0.0562. The molecule has 1 rings (SSSR count). The minimum atomic E-state index is -1.77. The van der Waals surface area contributed by atoms with Crippen LogP contribution in [0.5, 0.6) is 5.75 Å². The van der Waals surface area contributed by atoms with E-state index in [4.69, 9.17) is 4.74 Å². The second kappa shape index (κ2) is 4.45. The Bertz CT molecular complexity index is 281. The number of benzene rings is 1. The number of carbonyl (C=O) groups is 1. The molecule has 0 unspecified atom stereocenters. The fraction of sp³-hybridized carbons (Fsp3) is 0.222. The number of carbonyl (C=O) groups excluding carboxylic acids is 1. The SMILES string of the molecule is COc1ccc(COC(=O)F)cc1. The zero-order valence-corrected chi connectivity index (χ0v) is 7.12.